The standard InChI is InChI=1S/C23H30NO/c1-3-16-24(2)17-10-15-21(24)23(20-13-8-5-9-14-20)22(25)18-19-11-6-4-7-12-19/h3-9,11-14,21-23,25H,1,10,15-18H2,2H3/q+1. The largest absolute Gasteiger partial charge is 0.392 e. The van der Waals surface area contributed by atoms with E-state index >= 15 is 0 Å². The van der Waals surface area contributed by atoms with Gasteiger partial charge in [0.1, 0.15) is 0 Å². The van der Waals surface area contributed by atoms with Crippen LogP contribution in [0.1, 0.15) is 29.9 Å². The summed E-state index contributed by atoms with van der Waals surface area (Å²) in [4.78, 5) is 0. The number of hydrogen-bond donors (Lipinski definition) is 1. The number of quaternary nitrogens is 1. The lowest BCUT2D eigenvalue weighted by Gasteiger charge is -2.41. The van der Waals surface area contributed by atoms with Gasteiger partial charge < -0.3 is 9.59 Å². The Morgan fingerprint density at radius 2 is 1.76 bits per heavy atom. The molecule has 1 N–H and O–H groups in total. The smallest absolute Gasteiger partial charge is 0.0987 e. The van der Waals surface area contributed by atoms with E-state index in [1.54, 1.807) is 0 Å². The molecule has 2 heteroatoms. The number of benzene rings is 2. The summed E-state index contributed by atoms with van der Waals surface area (Å²) in [5, 5.41) is 11.2. The molecule has 3 rings (SSSR count). The Bertz CT molecular complexity index is 669. The van der Waals surface area contributed by atoms with E-state index in [-0.39, 0.29) is 12.0 Å². The minimum Gasteiger partial charge on any atom is -0.392 e. The number of aliphatic hydroxyl groups excluding tert-OH is 1. The van der Waals surface area contributed by atoms with Crippen molar-refractivity contribution in [1.82, 2.24) is 0 Å². The second-order valence-corrected chi connectivity index (χ2v) is 7.58. The maximum atomic E-state index is 11.2. The van der Waals surface area contributed by atoms with Crippen molar-refractivity contribution < 1.29 is 9.59 Å². The van der Waals surface area contributed by atoms with Gasteiger partial charge in [-0.1, -0.05) is 67.2 Å². The van der Waals surface area contributed by atoms with E-state index in [1.165, 1.54) is 17.5 Å². The quantitative estimate of drug-likeness (QED) is 0.594. The fourth-order valence-corrected chi connectivity index (χ4v) is 4.59. The molecule has 1 heterocycles. The minimum absolute atomic E-state index is 0.147. The molecular weight excluding hydrogens is 306 g/mol. The molecule has 4 atom stereocenters. The van der Waals surface area contributed by atoms with Gasteiger partial charge in [-0.25, -0.2) is 0 Å². The van der Waals surface area contributed by atoms with Crippen molar-refractivity contribution in [3.8, 4) is 0 Å². The van der Waals surface area contributed by atoms with Crippen LogP contribution in [0.3, 0.4) is 0 Å². The highest BCUT2D eigenvalue weighted by molar-refractivity contribution is 5.24. The number of nitrogens with zero attached hydrogens (tertiary/aromatic N) is 1. The van der Waals surface area contributed by atoms with Crippen LogP contribution in [0.2, 0.25) is 0 Å². The highest BCUT2D eigenvalue weighted by atomic mass is 16.3. The molecule has 132 valence electrons. The topological polar surface area (TPSA) is 20.2 Å². The number of likely N-dealkylation sites (tertiary alicyclic amines) is 1. The molecule has 1 fully saturated rings. The van der Waals surface area contributed by atoms with Crippen LogP contribution in [-0.4, -0.2) is 41.9 Å². The van der Waals surface area contributed by atoms with Gasteiger partial charge >= 0.3 is 0 Å². The van der Waals surface area contributed by atoms with E-state index in [0.29, 0.717) is 12.5 Å². The van der Waals surface area contributed by atoms with Crippen LogP contribution in [0, 0.1) is 0 Å². The third kappa shape index (κ3) is 4.02. The summed E-state index contributed by atoms with van der Waals surface area (Å²) in [6.07, 6.45) is 4.73. The van der Waals surface area contributed by atoms with Gasteiger partial charge in [0.2, 0.25) is 0 Å². The first kappa shape index (κ1) is 17.9. The molecule has 2 aromatic rings. The normalized spacial score (nSPS) is 25.4. The number of rotatable bonds is 7. The summed E-state index contributed by atoms with van der Waals surface area (Å²) >= 11 is 0. The zero-order chi connectivity index (χ0) is 17.7. The van der Waals surface area contributed by atoms with Crippen LogP contribution in [0.5, 0.6) is 0 Å². The van der Waals surface area contributed by atoms with Gasteiger partial charge in [0.05, 0.1) is 38.2 Å². The van der Waals surface area contributed by atoms with Gasteiger partial charge in [-0.2, -0.15) is 0 Å². The Hall–Kier alpha value is -1.90. The highest BCUT2D eigenvalue weighted by Gasteiger charge is 2.45. The van der Waals surface area contributed by atoms with Gasteiger partial charge in [0.15, 0.2) is 0 Å². The predicted octanol–water partition coefficient (Wildman–Crippen LogP) is 4.17. The molecule has 0 saturated carbocycles. The molecule has 0 amide bonds. The minimum atomic E-state index is -0.379. The zero-order valence-electron chi connectivity index (χ0n) is 15.2. The molecule has 25 heavy (non-hydrogen) atoms. The molecule has 4 unspecified atom stereocenters. The van der Waals surface area contributed by atoms with E-state index in [0.717, 1.165) is 24.0 Å². The first-order valence-corrected chi connectivity index (χ1v) is 9.36. The van der Waals surface area contributed by atoms with Crippen LogP contribution >= 0.6 is 0 Å². The van der Waals surface area contributed by atoms with Gasteiger partial charge in [0, 0.05) is 12.8 Å². The van der Waals surface area contributed by atoms with Crippen molar-refractivity contribution in [2.24, 2.45) is 0 Å². The van der Waals surface area contributed by atoms with Gasteiger partial charge in [0.25, 0.3) is 0 Å². The summed E-state index contributed by atoms with van der Waals surface area (Å²) in [6.45, 7) is 6.10. The third-order valence-electron chi connectivity index (χ3n) is 5.82. The summed E-state index contributed by atoms with van der Waals surface area (Å²) in [7, 11) is 2.32. The zero-order valence-corrected chi connectivity index (χ0v) is 15.2. The fourth-order valence-electron chi connectivity index (χ4n) is 4.59. The molecule has 0 bridgehead atoms. The summed E-state index contributed by atoms with van der Waals surface area (Å²) in [5.41, 5.74) is 2.46. The molecule has 2 aromatic carbocycles. The molecule has 0 radical (unpaired) electrons. The van der Waals surface area contributed by atoms with Crippen LogP contribution in [0.25, 0.3) is 0 Å². The number of aliphatic hydroxyl groups is 1. The van der Waals surface area contributed by atoms with Crippen molar-refractivity contribution in [3.63, 3.8) is 0 Å². The molecule has 0 aromatic heterocycles. The first-order valence-electron chi connectivity index (χ1n) is 9.36. The number of likely N-dealkylation sites (N-methyl/N-ethyl adjacent to an activating group) is 1. The molecule has 2 nitrogen and oxygen atoms in total. The molecular formula is C23H30NO+. The highest BCUT2D eigenvalue weighted by Crippen LogP contribution is 2.38. The fraction of sp³-hybridized carbons (Fsp3) is 0.391. The second kappa shape index (κ2) is 7.99. The van der Waals surface area contributed by atoms with Crippen LogP contribution < -0.4 is 0 Å². The van der Waals surface area contributed by atoms with E-state index in [4.69, 9.17) is 0 Å². The molecule has 1 aliphatic rings. The maximum absolute atomic E-state index is 11.2. The Morgan fingerprint density at radius 3 is 2.40 bits per heavy atom. The van der Waals surface area contributed by atoms with Crippen LogP contribution in [-0.2, 0) is 6.42 Å². The summed E-state index contributed by atoms with van der Waals surface area (Å²) in [6, 6.07) is 21.4. The second-order valence-electron chi connectivity index (χ2n) is 7.58. The summed E-state index contributed by atoms with van der Waals surface area (Å²) < 4.78 is 0.981. The molecule has 1 aliphatic heterocycles. The van der Waals surface area contributed by atoms with Crippen molar-refractivity contribution >= 4 is 0 Å². The van der Waals surface area contributed by atoms with Gasteiger partial charge in [-0.05, 0) is 23.6 Å². The average molecular weight is 336 g/mol. The van der Waals surface area contributed by atoms with Gasteiger partial charge in [-0.3, -0.25) is 0 Å². The van der Waals surface area contributed by atoms with Crippen LogP contribution in [0.15, 0.2) is 73.3 Å². The Balaban J connectivity index is 1.91. The van der Waals surface area contributed by atoms with E-state index in [9.17, 15) is 5.11 Å². The Labute approximate surface area is 152 Å². The summed E-state index contributed by atoms with van der Waals surface area (Å²) in [5.74, 6) is 0.147. The maximum Gasteiger partial charge on any atom is 0.0987 e. The van der Waals surface area contributed by atoms with Crippen molar-refractivity contribution in [1.29, 1.82) is 0 Å². The first-order chi connectivity index (χ1) is 12.1. The molecule has 0 aliphatic carbocycles. The van der Waals surface area contributed by atoms with E-state index in [2.05, 4.69) is 56.1 Å². The van der Waals surface area contributed by atoms with Crippen molar-refractivity contribution in [2.75, 3.05) is 20.1 Å². The lowest BCUT2D eigenvalue weighted by molar-refractivity contribution is -0.917. The van der Waals surface area contributed by atoms with Crippen LogP contribution in [0.4, 0.5) is 0 Å². The Morgan fingerprint density at radius 1 is 1.12 bits per heavy atom. The van der Waals surface area contributed by atoms with Crippen molar-refractivity contribution in [2.45, 2.75) is 37.3 Å². The van der Waals surface area contributed by atoms with E-state index < -0.39 is 0 Å². The monoisotopic (exact) mass is 336 g/mol. The average Bonchev–Trinajstić information content (AvgIpc) is 2.98. The SMILES string of the molecule is C=CC[N+]1(C)CCCC1C(c1ccccc1)C(O)Cc1ccccc1. The Kier molecular flexibility index (Phi) is 5.72. The number of hydrogen-bond acceptors (Lipinski definition) is 1. The predicted molar refractivity (Wildman–Crippen MR) is 104 cm³/mol. The third-order valence-corrected chi connectivity index (χ3v) is 5.82. The van der Waals surface area contributed by atoms with Gasteiger partial charge in [-0.15, -0.1) is 0 Å². The molecule has 0 spiro atoms. The van der Waals surface area contributed by atoms with Crippen molar-refractivity contribution in [3.05, 3.63) is 84.4 Å². The molecule has 1 saturated heterocycles. The lowest BCUT2D eigenvalue weighted by Crippen LogP contribution is -2.53. The van der Waals surface area contributed by atoms with E-state index in [1.807, 2.05) is 24.3 Å². The lowest BCUT2D eigenvalue weighted by atomic mass is 9.82.